The zero-order valence-electron chi connectivity index (χ0n) is 24.9. The minimum absolute atomic E-state index is 0.00688. The molecule has 230 valence electrons. The fourth-order valence-corrected chi connectivity index (χ4v) is 5.59. The van der Waals surface area contributed by atoms with Crippen LogP contribution in [0.3, 0.4) is 0 Å². The maximum absolute atomic E-state index is 14.3. The standard InChI is InChI=1S/C34H35ClFN3O5/c1-34(2,3)44-33(42)38-19-21-7-4-8-23(15-21)26-17-22(16-24-12-14-43-31(24)26)18-29(40)39-13-6-11-28(39)32(41)37-20-25-9-5-10-27(35)30(25)36/h4-5,7-10,12,14-17,28H,6,11,13,18-20H2,1-3H3,(H,37,41)(H,38,42). The molecule has 0 bridgehead atoms. The number of amides is 3. The zero-order chi connectivity index (χ0) is 31.4. The number of furan rings is 1. The Hall–Kier alpha value is -4.37. The Balaban J connectivity index is 1.29. The molecule has 44 heavy (non-hydrogen) atoms. The normalized spacial score (nSPS) is 14.9. The van der Waals surface area contributed by atoms with Gasteiger partial charge in [0.15, 0.2) is 0 Å². The quantitative estimate of drug-likeness (QED) is 0.227. The molecule has 0 spiro atoms. The third-order valence-corrected chi connectivity index (χ3v) is 7.69. The van der Waals surface area contributed by atoms with Crippen LogP contribution in [-0.4, -0.2) is 41.0 Å². The van der Waals surface area contributed by atoms with Crippen LogP contribution < -0.4 is 10.6 Å². The first-order valence-corrected chi connectivity index (χ1v) is 14.9. The van der Waals surface area contributed by atoms with Gasteiger partial charge in [-0.05, 0) is 80.6 Å². The van der Waals surface area contributed by atoms with E-state index in [1.165, 1.54) is 6.07 Å². The highest BCUT2D eigenvalue weighted by Gasteiger charge is 2.34. The van der Waals surface area contributed by atoms with Crippen molar-refractivity contribution in [2.45, 2.75) is 64.8 Å². The Bertz CT molecular complexity index is 1700. The first kappa shape index (κ1) is 31.1. The first-order chi connectivity index (χ1) is 21.0. The molecule has 1 aromatic heterocycles. The number of rotatable bonds is 8. The highest BCUT2D eigenvalue weighted by atomic mass is 35.5. The van der Waals surface area contributed by atoms with Gasteiger partial charge in [0.25, 0.3) is 0 Å². The second-order valence-corrected chi connectivity index (χ2v) is 12.3. The van der Waals surface area contributed by atoms with Gasteiger partial charge in [0.2, 0.25) is 11.8 Å². The van der Waals surface area contributed by atoms with Crippen molar-refractivity contribution in [1.29, 1.82) is 0 Å². The van der Waals surface area contributed by atoms with Crippen molar-refractivity contribution in [2.75, 3.05) is 6.54 Å². The average Bonchev–Trinajstić information content (AvgIpc) is 3.66. The Morgan fingerprint density at radius 2 is 1.82 bits per heavy atom. The van der Waals surface area contributed by atoms with Crippen LogP contribution in [-0.2, 0) is 33.8 Å². The van der Waals surface area contributed by atoms with Gasteiger partial charge in [-0.25, -0.2) is 9.18 Å². The van der Waals surface area contributed by atoms with Crippen LogP contribution in [0.4, 0.5) is 9.18 Å². The number of nitrogens with one attached hydrogen (secondary N) is 2. The van der Waals surface area contributed by atoms with E-state index in [0.29, 0.717) is 25.0 Å². The maximum atomic E-state index is 14.3. The van der Waals surface area contributed by atoms with E-state index in [2.05, 4.69) is 10.6 Å². The lowest BCUT2D eigenvalue weighted by molar-refractivity contribution is -0.138. The molecule has 1 aliphatic rings. The number of alkyl carbamates (subject to hydrolysis) is 1. The Morgan fingerprint density at radius 3 is 2.61 bits per heavy atom. The summed E-state index contributed by atoms with van der Waals surface area (Å²) < 4.78 is 25.4. The summed E-state index contributed by atoms with van der Waals surface area (Å²) in [7, 11) is 0. The molecule has 1 fully saturated rings. The van der Waals surface area contributed by atoms with E-state index in [4.69, 9.17) is 20.8 Å². The molecule has 1 aliphatic heterocycles. The molecule has 2 N–H and O–H groups in total. The number of nitrogens with zero attached hydrogens (tertiary/aromatic N) is 1. The number of ether oxygens (including phenoxy) is 1. The van der Waals surface area contributed by atoms with Gasteiger partial charge in [-0.1, -0.05) is 41.9 Å². The summed E-state index contributed by atoms with van der Waals surface area (Å²) in [5.74, 6) is -1.05. The van der Waals surface area contributed by atoms with Crippen molar-refractivity contribution in [3.63, 3.8) is 0 Å². The van der Waals surface area contributed by atoms with Crippen molar-refractivity contribution in [3.05, 3.63) is 94.5 Å². The molecule has 1 saturated heterocycles. The van der Waals surface area contributed by atoms with Gasteiger partial charge in [-0.3, -0.25) is 9.59 Å². The third-order valence-electron chi connectivity index (χ3n) is 7.40. The van der Waals surface area contributed by atoms with Crippen molar-refractivity contribution in [3.8, 4) is 11.1 Å². The molecule has 3 aromatic carbocycles. The number of likely N-dealkylation sites (tertiary alicyclic amines) is 1. The molecule has 1 unspecified atom stereocenters. The molecule has 4 aromatic rings. The highest BCUT2D eigenvalue weighted by molar-refractivity contribution is 6.30. The van der Waals surface area contributed by atoms with E-state index in [9.17, 15) is 18.8 Å². The summed E-state index contributed by atoms with van der Waals surface area (Å²) in [6.07, 6.45) is 2.44. The fourth-order valence-electron chi connectivity index (χ4n) is 5.40. The van der Waals surface area contributed by atoms with Gasteiger partial charge in [0, 0.05) is 36.1 Å². The van der Waals surface area contributed by atoms with E-state index in [1.54, 1.807) is 23.3 Å². The van der Waals surface area contributed by atoms with Crippen LogP contribution in [0.25, 0.3) is 22.1 Å². The topological polar surface area (TPSA) is 101 Å². The van der Waals surface area contributed by atoms with E-state index in [-0.39, 0.29) is 41.9 Å². The predicted octanol–water partition coefficient (Wildman–Crippen LogP) is 6.77. The minimum atomic E-state index is -0.629. The van der Waals surface area contributed by atoms with Crippen molar-refractivity contribution < 1.29 is 27.9 Å². The van der Waals surface area contributed by atoms with Gasteiger partial charge in [0.05, 0.1) is 17.7 Å². The monoisotopic (exact) mass is 619 g/mol. The number of fused-ring (bicyclic) bond motifs is 1. The van der Waals surface area contributed by atoms with E-state index in [1.807, 2.05) is 63.2 Å². The number of halogens is 2. The summed E-state index contributed by atoms with van der Waals surface area (Å²) in [6.45, 7) is 6.16. The second kappa shape index (κ2) is 13.1. The SMILES string of the molecule is CC(C)(C)OC(=O)NCc1cccc(-c2cc(CC(=O)N3CCCC3C(=O)NCc3cccc(Cl)c3F)cc3ccoc23)c1. The van der Waals surface area contributed by atoms with E-state index < -0.39 is 23.6 Å². The number of hydrogen-bond acceptors (Lipinski definition) is 5. The molecule has 0 saturated carbocycles. The maximum Gasteiger partial charge on any atom is 0.407 e. The lowest BCUT2D eigenvalue weighted by atomic mass is 9.97. The lowest BCUT2D eigenvalue weighted by Crippen LogP contribution is -2.46. The third kappa shape index (κ3) is 7.39. The van der Waals surface area contributed by atoms with Crippen molar-refractivity contribution in [2.24, 2.45) is 0 Å². The zero-order valence-corrected chi connectivity index (χ0v) is 25.7. The Morgan fingerprint density at radius 1 is 1.02 bits per heavy atom. The fraction of sp³-hybridized carbons (Fsp3) is 0.324. The molecule has 8 nitrogen and oxygen atoms in total. The van der Waals surface area contributed by atoms with Crippen molar-refractivity contribution in [1.82, 2.24) is 15.5 Å². The first-order valence-electron chi connectivity index (χ1n) is 14.5. The van der Waals surface area contributed by atoms with Crippen LogP contribution in [0.5, 0.6) is 0 Å². The van der Waals surface area contributed by atoms with Gasteiger partial charge >= 0.3 is 6.09 Å². The van der Waals surface area contributed by atoms with Gasteiger partial charge in [-0.2, -0.15) is 0 Å². The van der Waals surface area contributed by atoms with Crippen LogP contribution in [0.15, 0.2) is 71.3 Å². The molecule has 1 atom stereocenters. The summed E-state index contributed by atoms with van der Waals surface area (Å²) >= 11 is 5.86. The Labute approximate surface area is 260 Å². The van der Waals surface area contributed by atoms with Crippen LogP contribution in [0, 0.1) is 5.82 Å². The minimum Gasteiger partial charge on any atom is -0.464 e. The van der Waals surface area contributed by atoms with Gasteiger partial charge in [-0.15, -0.1) is 0 Å². The summed E-state index contributed by atoms with van der Waals surface area (Å²) in [6, 6.07) is 17.4. The summed E-state index contributed by atoms with van der Waals surface area (Å²) in [4.78, 5) is 40.3. The van der Waals surface area contributed by atoms with E-state index >= 15 is 0 Å². The molecular weight excluding hydrogens is 585 g/mol. The van der Waals surface area contributed by atoms with Crippen LogP contribution >= 0.6 is 11.6 Å². The average molecular weight is 620 g/mol. The number of carbonyl (C=O) groups is 3. The molecule has 3 amide bonds. The molecular formula is C34H35ClFN3O5. The number of benzene rings is 3. The van der Waals surface area contributed by atoms with Crippen LogP contribution in [0.1, 0.15) is 50.3 Å². The summed E-state index contributed by atoms with van der Waals surface area (Å²) in [5.41, 5.74) is 3.71. The molecule has 10 heteroatoms. The summed E-state index contributed by atoms with van der Waals surface area (Å²) in [5, 5.41) is 6.39. The molecule has 2 heterocycles. The highest BCUT2D eigenvalue weighted by Crippen LogP contribution is 2.32. The predicted molar refractivity (Wildman–Crippen MR) is 166 cm³/mol. The molecule has 0 aliphatic carbocycles. The van der Waals surface area contributed by atoms with Gasteiger partial charge in [0.1, 0.15) is 23.0 Å². The second-order valence-electron chi connectivity index (χ2n) is 11.9. The van der Waals surface area contributed by atoms with Crippen molar-refractivity contribution >= 4 is 40.5 Å². The lowest BCUT2D eigenvalue weighted by Gasteiger charge is -2.24. The van der Waals surface area contributed by atoms with E-state index in [0.717, 1.165) is 27.6 Å². The van der Waals surface area contributed by atoms with Gasteiger partial charge < -0.3 is 24.7 Å². The van der Waals surface area contributed by atoms with Crippen LogP contribution in [0.2, 0.25) is 5.02 Å². The number of carbonyl (C=O) groups excluding carboxylic acids is 3. The number of hydrogen-bond donors (Lipinski definition) is 2. The molecule has 0 radical (unpaired) electrons. The molecule has 5 rings (SSSR count). The smallest absolute Gasteiger partial charge is 0.407 e. The largest absolute Gasteiger partial charge is 0.464 e. The Kier molecular flexibility index (Phi) is 9.25.